The van der Waals surface area contributed by atoms with E-state index in [4.69, 9.17) is 9.05 Å². The smallest absolute Gasteiger partial charge is 0.116 e. The first-order valence-electron chi connectivity index (χ1n) is 10.5. The zero-order valence-electron chi connectivity index (χ0n) is 16.7. The maximum Gasteiger partial charge on any atom is 0.697 e. The fraction of sp³-hybridized carbons (Fsp3) is 1.00. The molecule has 2 atom stereocenters. The second-order valence-electron chi connectivity index (χ2n) is 6.95. The minimum atomic E-state index is -1.98. The molecule has 0 amide bonds. The Kier molecular flexibility index (Phi) is 17.8. The molecule has 3 nitrogen and oxygen atoms in total. The topological polar surface area (TPSA) is 35.5 Å². The quantitative estimate of drug-likeness (QED) is 0.183. The second-order valence-corrected chi connectivity index (χ2v) is 7.82. The van der Waals surface area contributed by atoms with E-state index >= 15 is 0 Å². The molecule has 0 aliphatic carbocycles. The third kappa shape index (κ3) is 14.4. The first kappa shape index (κ1) is 24.0. The third-order valence-corrected chi connectivity index (χ3v) is 5.43. The van der Waals surface area contributed by atoms with Crippen LogP contribution in [0.3, 0.4) is 0 Å². The van der Waals surface area contributed by atoms with Crippen LogP contribution in [0.2, 0.25) is 0 Å². The summed E-state index contributed by atoms with van der Waals surface area (Å²) < 4.78 is 24.0. The Morgan fingerprint density at radius 1 is 0.583 bits per heavy atom. The Morgan fingerprint density at radius 3 is 1.25 bits per heavy atom. The van der Waals surface area contributed by atoms with Crippen LogP contribution in [0.25, 0.3) is 0 Å². The molecule has 144 valence electrons. The molecule has 0 aromatic carbocycles. The minimum absolute atomic E-state index is 0.0996. The normalized spacial score (nSPS) is 14.6. The molecule has 0 fully saturated rings. The zero-order chi connectivity index (χ0) is 18.0. The summed E-state index contributed by atoms with van der Waals surface area (Å²) in [6, 6.07) is 0. The molecule has 0 aliphatic heterocycles. The molecule has 0 saturated carbocycles. The Morgan fingerprint density at radius 2 is 0.917 bits per heavy atom. The number of rotatable bonds is 18. The van der Waals surface area contributed by atoms with Crippen LogP contribution in [-0.4, -0.2) is 12.2 Å². The summed E-state index contributed by atoms with van der Waals surface area (Å²) >= 11 is 0. The first-order valence-corrected chi connectivity index (χ1v) is 11.6. The van der Waals surface area contributed by atoms with Crippen molar-refractivity contribution in [3.63, 3.8) is 0 Å². The molecular weight excluding hydrogens is 319 g/mol. The van der Waals surface area contributed by atoms with Gasteiger partial charge in [0.15, 0.2) is 0 Å². The van der Waals surface area contributed by atoms with Gasteiger partial charge in [-0.3, -0.25) is 0 Å². The van der Waals surface area contributed by atoms with Gasteiger partial charge in [0.25, 0.3) is 0 Å². The van der Waals surface area contributed by atoms with Gasteiger partial charge in [0.1, 0.15) is 12.2 Å². The van der Waals surface area contributed by atoms with Crippen molar-refractivity contribution in [2.75, 3.05) is 0 Å². The number of unbranched alkanes of at least 4 members (excludes halogenated alkanes) is 6. The van der Waals surface area contributed by atoms with Gasteiger partial charge in [-0.2, -0.15) is 0 Å². The van der Waals surface area contributed by atoms with Crippen molar-refractivity contribution < 1.29 is 13.6 Å². The highest BCUT2D eigenvalue weighted by molar-refractivity contribution is 7.33. The molecular formula is C20H42O3P+. The molecule has 0 aliphatic rings. The van der Waals surface area contributed by atoms with Crippen molar-refractivity contribution in [2.45, 2.75) is 130 Å². The van der Waals surface area contributed by atoms with Crippen molar-refractivity contribution in [1.29, 1.82) is 0 Å². The van der Waals surface area contributed by atoms with Gasteiger partial charge in [-0.15, -0.1) is 9.05 Å². The molecule has 0 aromatic rings. The number of hydrogen-bond acceptors (Lipinski definition) is 3. The SMILES string of the molecule is CCCCCC(CCCC)O[P+](=O)OC(CCCC)CCCCC. The summed E-state index contributed by atoms with van der Waals surface area (Å²) in [5, 5.41) is 0. The largest absolute Gasteiger partial charge is 0.697 e. The molecule has 0 radical (unpaired) electrons. The van der Waals surface area contributed by atoms with Crippen LogP contribution in [0.15, 0.2) is 0 Å². The van der Waals surface area contributed by atoms with Gasteiger partial charge < -0.3 is 0 Å². The average molecular weight is 362 g/mol. The van der Waals surface area contributed by atoms with E-state index in [0.717, 1.165) is 64.2 Å². The molecule has 24 heavy (non-hydrogen) atoms. The van der Waals surface area contributed by atoms with E-state index in [1.165, 1.54) is 25.7 Å². The highest BCUT2D eigenvalue weighted by atomic mass is 31.1. The molecule has 0 N–H and O–H groups in total. The van der Waals surface area contributed by atoms with Crippen molar-refractivity contribution in [2.24, 2.45) is 0 Å². The van der Waals surface area contributed by atoms with Crippen LogP contribution in [0.1, 0.15) is 118 Å². The predicted octanol–water partition coefficient (Wildman–Crippen LogP) is 7.96. The molecule has 0 rings (SSSR count). The summed E-state index contributed by atoms with van der Waals surface area (Å²) in [4.78, 5) is 0. The molecule has 4 heteroatoms. The zero-order valence-corrected chi connectivity index (χ0v) is 17.6. The molecule has 0 bridgehead atoms. The number of hydrogen-bond donors (Lipinski definition) is 0. The van der Waals surface area contributed by atoms with Crippen LogP contribution in [-0.2, 0) is 13.6 Å². The lowest BCUT2D eigenvalue weighted by Gasteiger charge is -2.12. The van der Waals surface area contributed by atoms with Crippen LogP contribution in [0.5, 0.6) is 0 Å². The van der Waals surface area contributed by atoms with E-state index in [-0.39, 0.29) is 12.2 Å². The van der Waals surface area contributed by atoms with E-state index < -0.39 is 8.25 Å². The van der Waals surface area contributed by atoms with Crippen molar-refractivity contribution >= 4 is 8.25 Å². The Hall–Kier alpha value is 0.0200. The molecule has 2 unspecified atom stereocenters. The van der Waals surface area contributed by atoms with Gasteiger partial charge >= 0.3 is 8.25 Å². The van der Waals surface area contributed by atoms with Crippen molar-refractivity contribution in [1.82, 2.24) is 0 Å². The lowest BCUT2D eigenvalue weighted by atomic mass is 10.1. The highest BCUT2D eigenvalue weighted by Gasteiger charge is 2.30. The fourth-order valence-electron chi connectivity index (χ4n) is 2.88. The van der Waals surface area contributed by atoms with Gasteiger partial charge in [-0.25, -0.2) is 0 Å². The Balaban J connectivity index is 4.33. The van der Waals surface area contributed by atoms with Gasteiger partial charge in [0.2, 0.25) is 0 Å². The monoisotopic (exact) mass is 361 g/mol. The second kappa shape index (κ2) is 17.8. The van der Waals surface area contributed by atoms with E-state index in [9.17, 15) is 4.57 Å². The third-order valence-electron chi connectivity index (χ3n) is 4.49. The van der Waals surface area contributed by atoms with E-state index in [0.29, 0.717) is 0 Å². The first-order chi connectivity index (χ1) is 11.7. The van der Waals surface area contributed by atoms with Crippen molar-refractivity contribution in [3.8, 4) is 0 Å². The summed E-state index contributed by atoms with van der Waals surface area (Å²) in [5.74, 6) is 0. The standard InChI is InChI=1S/C20H42O3P/c1-5-9-13-17-19(15-11-7-3)22-24(21)23-20(16-12-8-4)18-14-10-6-2/h19-20H,5-18H2,1-4H3/q+1. The van der Waals surface area contributed by atoms with Crippen LogP contribution >= 0.6 is 8.25 Å². The highest BCUT2D eigenvalue weighted by Crippen LogP contribution is 2.34. The van der Waals surface area contributed by atoms with Gasteiger partial charge in [0, 0.05) is 4.57 Å². The summed E-state index contributed by atoms with van der Waals surface area (Å²) in [5.41, 5.74) is 0. The summed E-state index contributed by atoms with van der Waals surface area (Å²) in [6.07, 6.45) is 16.0. The molecule has 0 saturated heterocycles. The molecule has 0 spiro atoms. The fourth-order valence-corrected chi connectivity index (χ4v) is 3.83. The lowest BCUT2D eigenvalue weighted by Crippen LogP contribution is -2.13. The van der Waals surface area contributed by atoms with Gasteiger partial charge in [-0.1, -0.05) is 91.9 Å². The Bertz CT molecular complexity index is 258. The van der Waals surface area contributed by atoms with Crippen molar-refractivity contribution in [3.05, 3.63) is 0 Å². The maximum atomic E-state index is 12.4. The summed E-state index contributed by atoms with van der Waals surface area (Å²) in [7, 11) is -1.98. The predicted molar refractivity (Wildman–Crippen MR) is 105 cm³/mol. The van der Waals surface area contributed by atoms with Gasteiger partial charge in [0.05, 0.1) is 0 Å². The minimum Gasteiger partial charge on any atom is -0.116 e. The van der Waals surface area contributed by atoms with E-state index in [1.54, 1.807) is 0 Å². The molecule has 0 heterocycles. The van der Waals surface area contributed by atoms with Crippen LogP contribution in [0, 0.1) is 0 Å². The van der Waals surface area contributed by atoms with Crippen LogP contribution < -0.4 is 0 Å². The van der Waals surface area contributed by atoms with Crippen LogP contribution in [0.4, 0.5) is 0 Å². The lowest BCUT2D eigenvalue weighted by molar-refractivity contribution is 0.107. The maximum absolute atomic E-state index is 12.4. The average Bonchev–Trinajstić information content (AvgIpc) is 2.57. The van der Waals surface area contributed by atoms with E-state index in [2.05, 4.69) is 27.7 Å². The molecule has 0 aromatic heterocycles. The Labute approximate surface area is 152 Å². The van der Waals surface area contributed by atoms with E-state index in [1.807, 2.05) is 0 Å². The summed E-state index contributed by atoms with van der Waals surface area (Å²) in [6.45, 7) is 8.79. The van der Waals surface area contributed by atoms with Gasteiger partial charge in [-0.05, 0) is 25.7 Å².